The summed E-state index contributed by atoms with van der Waals surface area (Å²) in [5, 5.41) is 6.32. The summed E-state index contributed by atoms with van der Waals surface area (Å²) in [7, 11) is -1.11. The molecule has 1 aromatic heterocycles. The molecular weight excluding hydrogens is 424 g/mol. The largest absolute Gasteiger partial charge is 0.496 e. The van der Waals surface area contributed by atoms with Crippen molar-refractivity contribution in [2.24, 2.45) is 0 Å². The number of aromatic nitrogens is 2. The van der Waals surface area contributed by atoms with E-state index in [4.69, 9.17) is 14.0 Å². The van der Waals surface area contributed by atoms with Crippen LogP contribution < -0.4 is 19.5 Å². The molecule has 0 aliphatic carbocycles. The summed E-state index contributed by atoms with van der Waals surface area (Å²) in [6, 6.07) is 11.1. The Bertz CT molecular complexity index is 1160. The number of benzene rings is 2. The average molecular weight is 446 g/mol. The predicted molar refractivity (Wildman–Crippen MR) is 111 cm³/mol. The molecular formula is C20H22N4O6S. The van der Waals surface area contributed by atoms with Crippen LogP contribution in [-0.4, -0.2) is 45.2 Å². The Morgan fingerprint density at radius 1 is 1.16 bits per heavy atom. The smallest absolute Gasteiger partial charge is 0.254 e. The van der Waals surface area contributed by atoms with Gasteiger partial charge in [0, 0.05) is 12.6 Å². The fourth-order valence-corrected chi connectivity index (χ4v) is 3.72. The van der Waals surface area contributed by atoms with Gasteiger partial charge in [-0.1, -0.05) is 5.16 Å². The second kappa shape index (κ2) is 9.58. The van der Waals surface area contributed by atoms with Crippen LogP contribution in [0.3, 0.4) is 0 Å². The molecule has 0 saturated heterocycles. The van der Waals surface area contributed by atoms with Crippen LogP contribution >= 0.6 is 0 Å². The highest BCUT2D eigenvalue weighted by atomic mass is 32.2. The molecule has 3 rings (SSSR count). The summed E-state index contributed by atoms with van der Waals surface area (Å²) in [5.74, 6) is 0.926. The van der Waals surface area contributed by atoms with Crippen LogP contribution in [0.5, 0.6) is 11.5 Å². The minimum absolute atomic E-state index is 0.0903. The molecule has 2 aromatic carbocycles. The number of sulfonamides is 1. The van der Waals surface area contributed by atoms with Crippen molar-refractivity contribution < 1.29 is 27.2 Å². The third kappa shape index (κ3) is 5.19. The molecule has 11 heteroatoms. The highest BCUT2D eigenvalue weighted by Gasteiger charge is 2.20. The van der Waals surface area contributed by atoms with E-state index in [9.17, 15) is 13.2 Å². The van der Waals surface area contributed by atoms with Gasteiger partial charge < -0.3 is 19.3 Å². The number of rotatable bonds is 9. The Morgan fingerprint density at radius 3 is 2.55 bits per heavy atom. The summed E-state index contributed by atoms with van der Waals surface area (Å²) in [5.41, 5.74) is 0.801. The van der Waals surface area contributed by atoms with Crippen molar-refractivity contribution in [3.8, 4) is 22.9 Å². The van der Waals surface area contributed by atoms with E-state index < -0.39 is 15.9 Å². The maximum atomic E-state index is 12.7. The molecule has 3 aromatic rings. The van der Waals surface area contributed by atoms with Gasteiger partial charge in [0.25, 0.3) is 5.91 Å². The zero-order valence-corrected chi connectivity index (χ0v) is 18.0. The minimum Gasteiger partial charge on any atom is -0.496 e. The Labute approximate surface area is 179 Å². The first-order valence-corrected chi connectivity index (χ1v) is 10.8. The minimum atomic E-state index is -3.94. The van der Waals surface area contributed by atoms with E-state index in [1.54, 1.807) is 24.3 Å². The van der Waals surface area contributed by atoms with Crippen molar-refractivity contribution in [3.63, 3.8) is 0 Å². The average Bonchev–Trinajstić information content (AvgIpc) is 3.26. The van der Waals surface area contributed by atoms with Gasteiger partial charge >= 0.3 is 0 Å². The molecule has 0 aliphatic heterocycles. The molecule has 1 heterocycles. The second-order valence-electron chi connectivity index (χ2n) is 6.23. The monoisotopic (exact) mass is 446 g/mol. The van der Waals surface area contributed by atoms with Gasteiger partial charge in [-0.3, -0.25) is 4.79 Å². The van der Waals surface area contributed by atoms with Crippen LogP contribution in [0.25, 0.3) is 11.4 Å². The Kier molecular flexibility index (Phi) is 6.88. The highest BCUT2D eigenvalue weighted by Crippen LogP contribution is 2.23. The van der Waals surface area contributed by atoms with Gasteiger partial charge in [-0.15, -0.1) is 0 Å². The summed E-state index contributed by atoms with van der Waals surface area (Å²) < 4.78 is 43.3. The summed E-state index contributed by atoms with van der Waals surface area (Å²) in [6.45, 7) is 2.24. The van der Waals surface area contributed by atoms with Gasteiger partial charge in [-0.2, -0.15) is 4.98 Å². The number of methoxy groups -OCH3 is 1. The van der Waals surface area contributed by atoms with Crippen molar-refractivity contribution in [2.45, 2.75) is 18.4 Å². The summed E-state index contributed by atoms with van der Waals surface area (Å²) >= 11 is 0. The topological polar surface area (TPSA) is 133 Å². The van der Waals surface area contributed by atoms with Crippen molar-refractivity contribution in [3.05, 3.63) is 53.9 Å². The molecule has 0 saturated carbocycles. The zero-order valence-electron chi connectivity index (χ0n) is 17.2. The molecule has 0 atom stereocenters. The third-order valence-corrected chi connectivity index (χ3v) is 5.66. The van der Waals surface area contributed by atoms with Gasteiger partial charge in [0.2, 0.25) is 21.7 Å². The molecule has 0 radical (unpaired) electrons. The van der Waals surface area contributed by atoms with Gasteiger partial charge in [0.05, 0.1) is 30.7 Å². The first-order chi connectivity index (χ1) is 14.9. The van der Waals surface area contributed by atoms with E-state index in [1.807, 2.05) is 6.92 Å². The number of amides is 1. The molecule has 0 bridgehead atoms. The molecule has 0 fully saturated rings. The van der Waals surface area contributed by atoms with Crippen LogP contribution in [-0.2, 0) is 16.6 Å². The number of nitrogens with one attached hydrogen (secondary N) is 2. The molecule has 1 amide bonds. The van der Waals surface area contributed by atoms with Crippen LogP contribution in [0.4, 0.5) is 0 Å². The van der Waals surface area contributed by atoms with Crippen LogP contribution in [0.1, 0.15) is 23.2 Å². The summed E-state index contributed by atoms with van der Waals surface area (Å²) in [6.07, 6.45) is 0. The van der Waals surface area contributed by atoms with Crippen molar-refractivity contribution in [1.29, 1.82) is 0 Å². The van der Waals surface area contributed by atoms with Gasteiger partial charge in [-0.05, 0) is 49.4 Å². The first-order valence-electron chi connectivity index (χ1n) is 9.33. The lowest BCUT2D eigenvalue weighted by molar-refractivity contribution is 0.0960. The van der Waals surface area contributed by atoms with Gasteiger partial charge in [0.15, 0.2) is 0 Å². The normalized spacial score (nSPS) is 11.2. The van der Waals surface area contributed by atoms with E-state index >= 15 is 0 Å². The second-order valence-corrected chi connectivity index (χ2v) is 8.00. The number of carbonyl (C=O) groups excluding carboxylic acids is 1. The van der Waals surface area contributed by atoms with E-state index in [-0.39, 0.29) is 28.6 Å². The van der Waals surface area contributed by atoms with E-state index in [2.05, 4.69) is 20.2 Å². The fraction of sp³-hybridized carbons (Fsp3) is 0.250. The molecule has 2 N–H and O–H groups in total. The fourth-order valence-electron chi connectivity index (χ4n) is 2.72. The number of nitrogens with zero attached hydrogens (tertiary/aromatic N) is 2. The van der Waals surface area contributed by atoms with Crippen LogP contribution in [0.15, 0.2) is 51.9 Å². The van der Waals surface area contributed by atoms with Crippen molar-refractivity contribution in [1.82, 2.24) is 20.2 Å². The van der Waals surface area contributed by atoms with Crippen LogP contribution in [0, 0.1) is 0 Å². The Balaban J connectivity index is 1.73. The Hall–Kier alpha value is -3.44. The van der Waals surface area contributed by atoms with Crippen molar-refractivity contribution in [2.75, 3.05) is 20.8 Å². The number of ether oxygens (including phenoxy) is 2. The molecule has 164 valence electrons. The molecule has 10 nitrogen and oxygen atoms in total. The van der Waals surface area contributed by atoms with E-state index in [0.717, 1.165) is 5.75 Å². The Morgan fingerprint density at radius 2 is 1.90 bits per heavy atom. The molecule has 31 heavy (non-hydrogen) atoms. The van der Waals surface area contributed by atoms with E-state index in [0.29, 0.717) is 18.0 Å². The lowest BCUT2D eigenvalue weighted by Crippen LogP contribution is -2.24. The lowest BCUT2D eigenvalue weighted by Gasteiger charge is -2.10. The van der Waals surface area contributed by atoms with Crippen LogP contribution in [0.2, 0.25) is 0 Å². The van der Waals surface area contributed by atoms with E-state index in [1.165, 1.54) is 32.4 Å². The highest BCUT2D eigenvalue weighted by molar-refractivity contribution is 7.89. The molecule has 0 aliphatic rings. The third-order valence-electron chi connectivity index (χ3n) is 4.26. The first kappa shape index (κ1) is 22.2. The zero-order chi connectivity index (χ0) is 22.4. The maximum absolute atomic E-state index is 12.7. The molecule has 0 unspecified atom stereocenters. The van der Waals surface area contributed by atoms with Gasteiger partial charge in [-0.25, -0.2) is 13.1 Å². The SMILES string of the molecule is CCOc1ccc(-c2noc(CNS(=O)(=O)c3ccc(OC)c(C(=O)NC)c3)n2)cc1. The lowest BCUT2D eigenvalue weighted by atomic mass is 10.2. The number of hydrogen-bond acceptors (Lipinski definition) is 8. The molecule has 0 spiro atoms. The standard InChI is InChI=1S/C20H22N4O6S/c1-4-29-14-7-5-13(6-8-14)19-23-18(30-24-19)12-22-31(26,27)15-9-10-17(28-3)16(11-15)20(25)21-2/h5-11,22H,4,12H2,1-3H3,(H,21,25). The van der Waals surface area contributed by atoms with Gasteiger partial charge in [0.1, 0.15) is 11.5 Å². The summed E-state index contributed by atoms with van der Waals surface area (Å²) in [4.78, 5) is 16.1. The van der Waals surface area contributed by atoms with Crippen molar-refractivity contribution >= 4 is 15.9 Å². The quantitative estimate of drug-likeness (QED) is 0.510. The predicted octanol–water partition coefficient (Wildman–Crippen LogP) is 1.98. The number of carbonyl (C=O) groups is 1. The number of hydrogen-bond donors (Lipinski definition) is 2. The maximum Gasteiger partial charge on any atom is 0.254 e.